The maximum Gasteiger partial charge on any atom is 0.243 e. The zero-order chi connectivity index (χ0) is 13.2. The van der Waals surface area contributed by atoms with Gasteiger partial charge in [0.1, 0.15) is 0 Å². The van der Waals surface area contributed by atoms with Crippen molar-refractivity contribution in [1.29, 1.82) is 0 Å². The van der Waals surface area contributed by atoms with Crippen LogP contribution in [-0.4, -0.2) is 30.4 Å². The molecular weight excluding hydrogens is 264 g/mol. The van der Waals surface area contributed by atoms with Crippen LogP contribution in [0.3, 0.4) is 0 Å². The van der Waals surface area contributed by atoms with Gasteiger partial charge in [0.2, 0.25) is 5.95 Å². The number of pyridine rings is 1. The van der Waals surface area contributed by atoms with E-state index in [1.165, 1.54) is 0 Å². The predicted octanol–water partition coefficient (Wildman–Crippen LogP) is 2.08. The fourth-order valence-corrected chi connectivity index (χ4v) is 2.03. The Bertz CT molecular complexity index is 675. The molecular formula is C12H13ClN6. The average Bonchev–Trinajstić information content (AvgIpc) is 2.97. The Hall–Kier alpha value is -2.08. The first-order chi connectivity index (χ1) is 9.20. The maximum absolute atomic E-state index is 5.91. The van der Waals surface area contributed by atoms with Gasteiger partial charge in [0.25, 0.3) is 0 Å². The summed E-state index contributed by atoms with van der Waals surface area (Å²) < 4.78 is 3.52. The molecule has 3 heterocycles. The zero-order valence-electron chi connectivity index (χ0n) is 10.4. The monoisotopic (exact) mass is 276 g/mol. The van der Waals surface area contributed by atoms with Crippen LogP contribution in [0.5, 0.6) is 0 Å². The van der Waals surface area contributed by atoms with Crippen LogP contribution < -0.4 is 5.32 Å². The summed E-state index contributed by atoms with van der Waals surface area (Å²) in [6, 6.07) is 5.70. The lowest BCUT2D eigenvalue weighted by Crippen LogP contribution is -2.22. The molecule has 3 aromatic rings. The molecule has 0 radical (unpaired) electrons. The molecule has 0 amide bonds. The van der Waals surface area contributed by atoms with Crippen molar-refractivity contribution in [3.05, 3.63) is 41.8 Å². The van der Waals surface area contributed by atoms with E-state index in [0.29, 0.717) is 11.0 Å². The molecule has 0 spiro atoms. The normalized spacial score (nSPS) is 12.7. The topological polar surface area (TPSA) is 60.0 Å². The highest BCUT2D eigenvalue weighted by Crippen LogP contribution is 2.12. The van der Waals surface area contributed by atoms with Gasteiger partial charge >= 0.3 is 0 Å². The van der Waals surface area contributed by atoms with Crippen LogP contribution in [0.25, 0.3) is 5.65 Å². The van der Waals surface area contributed by atoms with Crippen molar-refractivity contribution in [1.82, 2.24) is 24.4 Å². The summed E-state index contributed by atoms with van der Waals surface area (Å²) in [5.74, 6) is 0.585. The van der Waals surface area contributed by atoms with Gasteiger partial charge in [-0.3, -0.25) is 4.68 Å². The SMILES string of the molecule is CC(Cn1cccn1)Nc1nc2ccc(Cl)cn2n1. The third-order valence-corrected chi connectivity index (χ3v) is 2.91. The van der Waals surface area contributed by atoms with Crippen molar-refractivity contribution in [2.24, 2.45) is 0 Å². The summed E-state index contributed by atoms with van der Waals surface area (Å²) in [4.78, 5) is 4.38. The summed E-state index contributed by atoms with van der Waals surface area (Å²) in [6.45, 7) is 2.81. The van der Waals surface area contributed by atoms with E-state index in [4.69, 9.17) is 11.6 Å². The van der Waals surface area contributed by atoms with E-state index in [9.17, 15) is 0 Å². The Morgan fingerprint density at radius 3 is 3.11 bits per heavy atom. The number of aromatic nitrogens is 5. The number of hydrogen-bond acceptors (Lipinski definition) is 4. The predicted molar refractivity (Wildman–Crippen MR) is 73.3 cm³/mol. The van der Waals surface area contributed by atoms with Crippen LogP contribution in [0.1, 0.15) is 6.92 Å². The van der Waals surface area contributed by atoms with Crippen LogP contribution in [0.4, 0.5) is 5.95 Å². The van der Waals surface area contributed by atoms with E-state index >= 15 is 0 Å². The number of rotatable bonds is 4. The standard InChI is InChI=1S/C12H13ClN6/c1-9(7-18-6-2-5-14-18)15-12-16-11-4-3-10(13)8-19(11)17-12/h2-6,8-9H,7H2,1H3,(H,15,17). The van der Waals surface area contributed by atoms with E-state index in [0.717, 1.165) is 12.2 Å². The highest BCUT2D eigenvalue weighted by molar-refractivity contribution is 6.30. The Morgan fingerprint density at radius 2 is 2.32 bits per heavy atom. The second-order valence-electron chi connectivity index (χ2n) is 4.36. The van der Waals surface area contributed by atoms with E-state index in [2.05, 4.69) is 27.4 Å². The minimum Gasteiger partial charge on any atom is -0.349 e. The number of nitrogens with one attached hydrogen (secondary N) is 1. The summed E-state index contributed by atoms with van der Waals surface area (Å²) >= 11 is 5.91. The first-order valence-electron chi connectivity index (χ1n) is 5.96. The first-order valence-corrected chi connectivity index (χ1v) is 6.34. The molecule has 3 aromatic heterocycles. The minimum absolute atomic E-state index is 0.174. The van der Waals surface area contributed by atoms with Crippen LogP contribution in [-0.2, 0) is 6.54 Å². The first kappa shape index (κ1) is 12.0. The van der Waals surface area contributed by atoms with E-state index in [1.807, 2.05) is 23.0 Å². The van der Waals surface area contributed by atoms with Gasteiger partial charge in [-0.1, -0.05) is 11.6 Å². The minimum atomic E-state index is 0.174. The quantitative estimate of drug-likeness (QED) is 0.793. The van der Waals surface area contributed by atoms with Crippen LogP contribution in [0, 0.1) is 0 Å². The lowest BCUT2D eigenvalue weighted by Gasteiger charge is -2.11. The smallest absolute Gasteiger partial charge is 0.243 e. The van der Waals surface area contributed by atoms with Gasteiger partial charge in [0.15, 0.2) is 5.65 Å². The molecule has 0 aliphatic heterocycles. The number of halogens is 1. The molecule has 0 aromatic carbocycles. The van der Waals surface area contributed by atoms with Gasteiger partial charge in [-0.05, 0) is 25.1 Å². The van der Waals surface area contributed by atoms with Gasteiger partial charge in [-0.15, -0.1) is 5.10 Å². The van der Waals surface area contributed by atoms with Crippen molar-refractivity contribution in [2.75, 3.05) is 5.32 Å². The lowest BCUT2D eigenvalue weighted by molar-refractivity contribution is 0.558. The molecule has 19 heavy (non-hydrogen) atoms. The van der Waals surface area contributed by atoms with Crippen molar-refractivity contribution in [3.8, 4) is 0 Å². The fourth-order valence-electron chi connectivity index (χ4n) is 1.87. The maximum atomic E-state index is 5.91. The largest absolute Gasteiger partial charge is 0.349 e. The molecule has 3 rings (SSSR count). The summed E-state index contributed by atoms with van der Waals surface area (Å²) in [6.07, 6.45) is 5.42. The fraction of sp³-hybridized carbons (Fsp3) is 0.250. The van der Waals surface area contributed by atoms with E-state index in [-0.39, 0.29) is 6.04 Å². The number of nitrogens with zero attached hydrogens (tertiary/aromatic N) is 5. The number of hydrogen-bond donors (Lipinski definition) is 1. The molecule has 0 aliphatic rings. The van der Waals surface area contributed by atoms with E-state index in [1.54, 1.807) is 23.0 Å². The summed E-state index contributed by atoms with van der Waals surface area (Å²) in [5.41, 5.74) is 0.762. The third kappa shape index (κ3) is 2.68. The number of anilines is 1. The van der Waals surface area contributed by atoms with Crippen LogP contribution in [0.15, 0.2) is 36.8 Å². The Labute approximate surface area is 115 Å². The molecule has 7 heteroatoms. The van der Waals surface area contributed by atoms with Crippen molar-refractivity contribution >= 4 is 23.2 Å². The van der Waals surface area contributed by atoms with Crippen molar-refractivity contribution in [2.45, 2.75) is 19.5 Å². The molecule has 1 N–H and O–H groups in total. The molecule has 6 nitrogen and oxygen atoms in total. The van der Waals surface area contributed by atoms with Crippen molar-refractivity contribution in [3.63, 3.8) is 0 Å². The van der Waals surface area contributed by atoms with Crippen LogP contribution in [0.2, 0.25) is 5.02 Å². The van der Waals surface area contributed by atoms with E-state index < -0.39 is 0 Å². The summed E-state index contributed by atoms with van der Waals surface area (Å²) in [5, 5.41) is 12.4. The summed E-state index contributed by atoms with van der Waals surface area (Å²) in [7, 11) is 0. The lowest BCUT2D eigenvalue weighted by atomic mass is 10.3. The Balaban J connectivity index is 1.74. The van der Waals surface area contributed by atoms with Gasteiger partial charge in [-0.2, -0.15) is 10.1 Å². The molecule has 0 saturated heterocycles. The van der Waals surface area contributed by atoms with Gasteiger partial charge in [0.05, 0.1) is 11.6 Å². The Morgan fingerprint density at radius 1 is 1.42 bits per heavy atom. The average molecular weight is 277 g/mol. The zero-order valence-corrected chi connectivity index (χ0v) is 11.1. The van der Waals surface area contributed by atoms with Gasteiger partial charge in [-0.25, -0.2) is 4.52 Å². The second kappa shape index (κ2) is 4.89. The van der Waals surface area contributed by atoms with Crippen LogP contribution >= 0.6 is 11.6 Å². The molecule has 98 valence electrons. The van der Waals surface area contributed by atoms with Crippen molar-refractivity contribution < 1.29 is 0 Å². The molecule has 0 aliphatic carbocycles. The molecule has 1 unspecified atom stereocenters. The molecule has 0 fully saturated rings. The highest BCUT2D eigenvalue weighted by Gasteiger charge is 2.08. The van der Waals surface area contributed by atoms with Gasteiger partial charge in [0, 0.05) is 24.6 Å². The third-order valence-electron chi connectivity index (χ3n) is 2.69. The number of fused-ring (bicyclic) bond motifs is 1. The molecule has 0 saturated carbocycles. The molecule has 1 atom stereocenters. The Kier molecular flexibility index (Phi) is 3.08. The second-order valence-corrected chi connectivity index (χ2v) is 4.80. The van der Waals surface area contributed by atoms with Gasteiger partial charge < -0.3 is 5.32 Å². The molecule has 0 bridgehead atoms. The highest BCUT2D eigenvalue weighted by atomic mass is 35.5.